The maximum absolute atomic E-state index is 12.2. The van der Waals surface area contributed by atoms with Gasteiger partial charge >= 0.3 is 0 Å². The Bertz CT molecular complexity index is 721. The van der Waals surface area contributed by atoms with Crippen LogP contribution in [0.5, 0.6) is 11.5 Å². The molecule has 0 aromatic heterocycles. The van der Waals surface area contributed by atoms with Gasteiger partial charge in [0.25, 0.3) is 5.91 Å². The van der Waals surface area contributed by atoms with Gasteiger partial charge in [-0.25, -0.2) is 0 Å². The summed E-state index contributed by atoms with van der Waals surface area (Å²) in [7, 11) is 1.60. The van der Waals surface area contributed by atoms with Crippen LogP contribution in [-0.4, -0.2) is 25.0 Å². The monoisotopic (exact) mass is 376 g/mol. The number of hydrogen-bond acceptors (Lipinski definition) is 4. The molecule has 2 aromatic rings. The zero-order valence-electron chi connectivity index (χ0n) is 12.6. The number of amides is 1. The van der Waals surface area contributed by atoms with E-state index < -0.39 is 0 Å². The van der Waals surface area contributed by atoms with Gasteiger partial charge in [0.1, 0.15) is 6.17 Å². The van der Waals surface area contributed by atoms with Crippen LogP contribution in [0.2, 0.25) is 0 Å². The maximum Gasteiger partial charge on any atom is 0.255 e. The molecule has 0 saturated carbocycles. The first-order chi connectivity index (χ1) is 11.2. The van der Waals surface area contributed by atoms with Crippen LogP contribution in [0.15, 0.2) is 42.5 Å². The predicted molar refractivity (Wildman–Crippen MR) is 92.6 cm³/mol. The Labute approximate surface area is 143 Å². The summed E-state index contributed by atoms with van der Waals surface area (Å²) >= 11 is 3.33. The van der Waals surface area contributed by atoms with Gasteiger partial charge in [0, 0.05) is 11.0 Å². The molecule has 2 N–H and O–H groups in total. The van der Waals surface area contributed by atoms with Crippen molar-refractivity contribution < 1.29 is 14.3 Å². The van der Waals surface area contributed by atoms with E-state index in [0.717, 1.165) is 16.6 Å². The summed E-state index contributed by atoms with van der Waals surface area (Å²) in [6.45, 7) is 0.557. The van der Waals surface area contributed by atoms with Crippen LogP contribution in [0.4, 0.5) is 5.69 Å². The number of ether oxygens (including phenoxy) is 2. The minimum absolute atomic E-state index is 0.0945. The van der Waals surface area contributed by atoms with Crippen molar-refractivity contribution in [1.29, 1.82) is 0 Å². The molecule has 5 nitrogen and oxygen atoms in total. The number of anilines is 1. The normalized spacial score (nSPS) is 16.1. The molecule has 0 saturated heterocycles. The quantitative estimate of drug-likeness (QED) is 0.785. The third-order valence-electron chi connectivity index (χ3n) is 3.60. The van der Waals surface area contributed by atoms with Crippen LogP contribution in [0.3, 0.4) is 0 Å². The molecular formula is C17H17BrN2O3. The van der Waals surface area contributed by atoms with Gasteiger partial charge in [0.05, 0.1) is 19.3 Å². The highest BCUT2D eigenvalue weighted by molar-refractivity contribution is 9.09. The van der Waals surface area contributed by atoms with Crippen LogP contribution in [-0.2, 0) is 0 Å². The Balaban J connectivity index is 1.86. The first-order valence-electron chi connectivity index (χ1n) is 7.26. The molecule has 0 fully saturated rings. The van der Waals surface area contributed by atoms with E-state index in [0.29, 0.717) is 23.7 Å². The Morgan fingerprint density at radius 3 is 2.74 bits per heavy atom. The van der Waals surface area contributed by atoms with Crippen LogP contribution in [0, 0.1) is 0 Å². The van der Waals surface area contributed by atoms with Gasteiger partial charge in [-0.2, -0.15) is 0 Å². The molecule has 6 heteroatoms. The number of rotatable bonds is 5. The molecule has 0 radical (unpaired) electrons. The van der Waals surface area contributed by atoms with Gasteiger partial charge in [-0.1, -0.05) is 34.1 Å². The van der Waals surface area contributed by atoms with Crippen LogP contribution in [0.1, 0.15) is 22.1 Å². The van der Waals surface area contributed by atoms with Crippen molar-refractivity contribution in [3.63, 3.8) is 0 Å². The van der Waals surface area contributed by atoms with Crippen molar-refractivity contribution >= 4 is 27.5 Å². The van der Waals surface area contributed by atoms with E-state index in [4.69, 9.17) is 9.47 Å². The van der Waals surface area contributed by atoms with E-state index in [2.05, 4.69) is 26.6 Å². The van der Waals surface area contributed by atoms with Crippen molar-refractivity contribution in [3.05, 3.63) is 53.6 Å². The summed E-state index contributed by atoms with van der Waals surface area (Å²) in [5.41, 5.74) is 2.36. The van der Waals surface area contributed by atoms with E-state index in [9.17, 15) is 4.79 Å². The number of fused-ring (bicyclic) bond motifs is 1. The first kappa shape index (κ1) is 15.7. The zero-order chi connectivity index (χ0) is 16.2. The summed E-state index contributed by atoms with van der Waals surface area (Å²) in [4.78, 5) is 12.2. The zero-order valence-corrected chi connectivity index (χ0v) is 14.2. The lowest BCUT2D eigenvalue weighted by Gasteiger charge is -2.28. The third-order valence-corrected chi connectivity index (χ3v) is 3.93. The molecule has 1 unspecified atom stereocenters. The fourth-order valence-electron chi connectivity index (χ4n) is 2.51. The molecule has 2 aromatic carbocycles. The van der Waals surface area contributed by atoms with Gasteiger partial charge in [0.2, 0.25) is 0 Å². The maximum atomic E-state index is 12.2. The summed E-state index contributed by atoms with van der Waals surface area (Å²) in [5, 5.41) is 7.02. The average Bonchev–Trinajstić information content (AvgIpc) is 2.59. The molecule has 1 heterocycles. The van der Waals surface area contributed by atoms with Crippen LogP contribution < -0.4 is 20.1 Å². The van der Waals surface area contributed by atoms with Gasteiger partial charge in [-0.15, -0.1) is 0 Å². The highest BCUT2D eigenvalue weighted by Crippen LogP contribution is 2.32. The number of benzene rings is 2. The predicted octanol–water partition coefficient (Wildman–Crippen LogP) is 3.32. The topological polar surface area (TPSA) is 59.6 Å². The molecule has 3 rings (SSSR count). The second-order valence-electron chi connectivity index (χ2n) is 5.04. The summed E-state index contributed by atoms with van der Waals surface area (Å²) in [5.74, 6) is 1.22. The standard InChI is InChI=1S/C17H17BrN2O3/c1-22-15-10-11(6-7-14(15)23-9-8-18)16-19-13-5-3-2-4-12(13)17(21)20-16/h2-7,10,16,19H,8-9H2,1H3,(H,20,21). The number of alkyl halides is 1. The van der Waals surface area contributed by atoms with E-state index in [-0.39, 0.29) is 12.1 Å². The van der Waals surface area contributed by atoms with Crippen molar-refractivity contribution in [2.75, 3.05) is 24.4 Å². The number of methoxy groups -OCH3 is 1. The molecule has 1 amide bonds. The number of hydrogen-bond donors (Lipinski definition) is 2. The fourth-order valence-corrected chi connectivity index (χ4v) is 2.67. The van der Waals surface area contributed by atoms with Crippen molar-refractivity contribution in [2.45, 2.75) is 6.17 Å². The van der Waals surface area contributed by atoms with E-state index in [1.165, 1.54) is 0 Å². The Kier molecular flexibility index (Phi) is 4.71. The number of para-hydroxylation sites is 1. The van der Waals surface area contributed by atoms with Gasteiger partial charge in [-0.05, 0) is 29.8 Å². The summed E-state index contributed by atoms with van der Waals surface area (Å²) < 4.78 is 11.0. The summed E-state index contributed by atoms with van der Waals surface area (Å²) in [6.07, 6.45) is -0.309. The Hall–Kier alpha value is -2.21. The van der Waals surface area contributed by atoms with E-state index in [1.54, 1.807) is 13.2 Å². The number of halogens is 1. The average molecular weight is 377 g/mol. The number of carbonyl (C=O) groups is 1. The molecule has 0 spiro atoms. The lowest BCUT2D eigenvalue weighted by molar-refractivity contribution is 0.0935. The lowest BCUT2D eigenvalue weighted by Crippen LogP contribution is -2.38. The molecular weight excluding hydrogens is 360 g/mol. The minimum atomic E-state index is -0.309. The molecule has 23 heavy (non-hydrogen) atoms. The molecule has 1 aliphatic heterocycles. The van der Waals surface area contributed by atoms with E-state index in [1.807, 2.05) is 36.4 Å². The molecule has 1 aliphatic rings. The third kappa shape index (κ3) is 3.27. The van der Waals surface area contributed by atoms with Crippen LogP contribution in [0.25, 0.3) is 0 Å². The molecule has 1 atom stereocenters. The number of carbonyl (C=O) groups excluding carboxylic acids is 1. The number of nitrogens with one attached hydrogen (secondary N) is 2. The van der Waals surface area contributed by atoms with Gasteiger partial charge in [0.15, 0.2) is 11.5 Å². The van der Waals surface area contributed by atoms with Crippen molar-refractivity contribution in [1.82, 2.24) is 5.32 Å². The largest absolute Gasteiger partial charge is 0.493 e. The van der Waals surface area contributed by atoms with Crippen molar-refractivity contribution in [2.24, 2.45) is 0 Å². The Morgan fingerprint density at radius 1 is 1.13 bits per heavy atom. The summed E-state index contributed by atoms with van der Waals surface area (Å²) in [6, 6.07) is 13.1. The van der Waals surface area contributed by atoms with Gasteiger partial charge < -0.3 is 20.1 Å². The fraction of sp³-hybridized carbons (Fsp3) is 0.235. The second kappa shape index (κ2) is 6.91. The first-order valence-corrected chi connectivity index (χ1v) is 8.38. The molecule has 120 valence electrons. The molecule has 0 bridgehead atoms. The highest BCUT2D eigenvalue weighted by Gasteiger charge is 2.24. The van der Waals surface area contributed by atoms with Crippen molar-refractivity contribution in [3.8, 4) is 11.5 Å². The lowest BCUT2D eigenvalue weighted by atomic mass is 10.1. The van der Waals surface area contributed by atoms with Crippen LogP contribution >= 0.6 is 15.9 Å². The second-order valence-corrected chi connectivity index (χ2v) is 5.84. The highest BCUT2D eigenvalue weighted by atomic mass is 79.9. The Morgan fingerprint density at radius 2 is 1.96 bits per heavy atom. The molecule has 0 aliphatic carbocycles. The minimum Gasteiger partial charge on any atom is -0.493 e. The SMILES string of the molecule is COc1cc(C2NC(=O)c3ccccc3N2)ccc1OCCBr. The van der Waals surface area contributed by atoms with Gasteiger partial charge in [-0.3, -0.25) is 4.79 Å². The van der Waals surface area contributed by atoms with E-state index >= 15 is 0 Å². The smallest absolute Gasteiger partial charge is 0.255 e.